The lowest BCUT2D eigenvalue weighted by molar-refractivity contribution is 0.101. The van der Waals surface area contributed by atoms with Gasteiger partial charge in [0.15, 0.2) is 0 Å². The highest BCUT2D eigenvalue weighted by Gasteiger charge is 2.09. The van der Waals surface area contributed by atoms with Crippen LogP contribution in [0.15, 0.2) is 85.2 Å². The van der Waals surface area contributed by atoms with Gasteiger partial charge in [0, 0.05) is 16.9 Å². The summed E-state index contributed by atoms with van der Waals surface area (Å²) >= 11 is 0. The number of amides is 3. The van der Waals surface area contributed by atoms with E-state index in [0.717, 1.165) is 11.0 Å². The predicted molar refractivity (Wildman–Crippen MR) is 109 cm³/mol. The Labute approximate surface area is 161 Å². The maximum atomic E-state index is 12.5. The number of hydrogen-bond donors (Lipinski definition) is 3. The summed E-state index contributed by atoms with van der Waals surface area (Å²) in [5.74, 6) is -0.275. The van der Waals surface area contributed by atoms with E-state index in [9.17, 15) is 9.59 Å². The number of nitrogens with one attached hydrogen (secondary N) is 3. The first kappa shape index (κ1) is 17.3. The predicted octanol–water partition coefficient (Wildman–Crippen LogP) is 4.06. The minimum absolute atomic E-state index is 0.275. The number of benzene rings is 3. The van der Waals surface area contributed by atoms with Gasteiger partial charge in [0.2, 0.25) is 0 Å². The Morgan fingerprint density at radius 1 is 0.750 bits per heavy atom. The van der Waals surface area contributed by atoms with Crippen LogP contribution < -0.4 is 16.1 Å². The Kier molecular flexibility index (Phi) is 4.71. The van der Waals surface area contributed by atoms with Gasteiger partial charge in [0.05, 0.1) is 11.0 Å². The van der Waals surface area contributed by atoms with Crippen LogP contribution in [0.1, 0.15) is 10.4 Å². The number of carbonyl (C=O) groups is 2. The number of nitrogens with zero attached hydrogens (tertiary/aromatic N) is 2. The monoisotopic (exact) mass is 371 g/mol. The minimum atomic E-state index is -0.353. The lowest BCUT2D eigenvalue weighted by Gasteiger charge is -2.09. The van der Waals surface area contributed by atoms with Crippen LogP contribution in [-0.2, 0) is 0 Å². The molecule has 0 aliphatic rings. The molecule has 0 radical (unpaired) electrons. The van der Waals surface area contributed by atoms with E-state index in [1.165, 1.54) is 0 Å². The van der Waals surface area contributed by atoms with Gasteiger partial charge in [-0.15, -0.1) is 0 Å². The molecule has 0 unspecified atom stereocenters. The third-order valence-electron chi connectivity index (χ3n) is 4.11. The van der Waals surface area contributed by atoms with Crippen molar-refractivity contribution in [2.24, 2.45) is 0 Å². The number of aromatic nitrogens is 2. The molecule has 7 nitrogen and oxygen atoms in total. The van der Waals surface area contributed by atoms with E-state index < -0.39 is 0 Å². The first-order valence-electron chi connectivity index (χ1n) is 8.65. The molecule has 0 spiro atoms. The zero-order valence-electron chi connectivity index (χ0n) is 14.8. The van der Waals surface area contributed by atoms with Gasteiger partial charge < -0.3 is 10.6 Å². The standard InChI is InChI=1S/C21H17N5O2/c27-20(25-26-14-22-18-8-4-5-9-19(18)26)15-10-12-17(13-11-15)24-21(28)23-16-6-2-1-3-7-16/h1-14H,(H,25,27)(H2,23,24,28). The highest BCUT2D eigenvalue weighted by molar-refractivity contribution is 6.02. The van der Waals surface area contributed by atoms with Gasteiger partial charge in [-0.2, -0.15) is 0 Å². The molecule has 0 saturated heterocycles. The minimum Gasteiger partial charge on any atom is -0.308 e. The lowest BCUT2D eigenvalue weighted by Crippen LogP contribution is -2.22. The molecule has 0 atom stereocenters. The Morgan fingerprint density at radius 3 is 2.14 bits per heavy atom. The average Bonchev–Trinajstić information content (AvgIpc) is 3.12. The molecule has 4 aromatic rings. The van der Waals surface area contributed by atoms with E-state index in [2.05, 4.69) is 21.0 Å². The molecule has 138 valence electrons. The normalized spacial score (nSPS) is 10.4. The number of hydrogen-bond acceptors (Lipinski definition) is 3. The summed E-state index contributed by atoms with van der Waals surface area (Å²) in [5.41, 5.74) is 6.14. The fraction of sp³-hybridized carbons (Fsp3) is 0. The molecule has 0 fully saturated rings. The smallest absolute Gasteiger partial charge is 0.308 e. The Hall–Kier alpha value is -4.13. The number of anilines is 2. The maximum Gasteiger partial charge on any atom is 0.323 e. The van der Waals surface area contributed by atoms with Gasteiger partial charge in [0.25, 0.3) is 5.91 Å². The molecule has 3 aromatic carbocycles. The molecule has 3 N–H and O–H groups in total. The first-order valence-corrected chi connectivity index (χ1v) is 8.65. The van der Waals surface area contributed by atoms with Crippen LogP contribution in [0.3, 0.4) is 0 Å². The summed E-state index contributed by atoms with van der Waals surface area (Å²) < 4.78 is 1.58. The van der Waals surface area contributed by atoms with Crippen LogP contribution in [0, 0.1) is 0 Å². The average molecular weight is 371 g/mol. The van der Waals surface area contributed by atoms with E-state index in [1.54, 1.807) is 47.4 Å². The summed E-state index contributed by atoms with van der Waals surface area (Å²) in [5, 5.41) is 5.46. The van der Waals surface area contributed by atoms with E-state index in [-0.39, 0.29) is 11.9 Å². The summed E-state index contributed by atoms with van der Waals surface area (Å²) in [7, 11) is 0. The lowest BCUT2D eigenvalue weighted by atomic mass is 10.2. The number of fused-ring (bicyclic) bond motifs is 1. The second-order valence-electron chi connectivity index (χ2n) is 6.07. The largest absolute Gasteiger partial charge is 0.323 e. The summed E-state index contributed by atoms with van der Waals surface area (Å²) in [4.78, 5) is 28.7. The fourth-order valence-electron chi connectivity index (χ4n) is 2.74. The molecule has 0 aliphatic heterocycles. The van der Waals surface area contributed by atoms with E-state index in [1.807, 2.05) is 42.5 Å². The molecule has 1 heterocycles. The van der Waals surface area contributed by atoms with Crippen molar-refractivity contribution in [1.29, 1.82) is 0 Å². The fourth-order valence-corrected chi connectivity index (χ4v) is 2.74. The van der Waals surface area contributed by atoms with Gasteiger partial charge in [-0.25, -0.2) is 14.5 Å². The highest BCUT2D eigenvalue weighted by atomic mass is 16.2. The summed E-state index contributed by atoms with van der Waals surface area (Å²) in [6.07, 6.45) is 1.56. The number of carbonyl (C=O) groups excluding carboxylic acids is 2. The van der Waals surface area contributed by atoms with Crippen molar-refractivity contribution in [3.8, 4) is 0 Å². The van der Waals surface area contributed by atoms with Crippen molar-refractivity contribution in [3.63, 3.8) is 0 Å². The summed E-state index contributed by atoms with van der Waals surface area (Å²) in [6, 6.07) is 23.0. The number of rotatable bonds is 4. The van der Waals surface area contributed by atoms with Gasteiger partial charge >= 0.3 is 6.03 Å². The van der Waals surface area contributed by atoms with Crippen molar-refractivity contribution < 1.29 is 9.59 Å². The molecule has 0 saturated carbocycles. The molecule has 28 heavy (non-hydrogen) atoms. The SMILES string of the molecule is O=C(Nc1ccccc1)Nc1ccc(C(=O)Nn2cnc3ccccc32)cc1. The van der Waals surface area contributed by atoms with Gasteiger partial charge in [0.1, 0.15) is 6.33 Å². The molecular weight excluding hydrogens is 354 g/mol. The van der Waals surface area contributed by atoms with Crippen LogP contribution in [0.25, 0.3) is 11.0 Å². The first-order chi connectivity index (χ1) is 13.7. The van der Waals surface area contributed by atoms with Gasteiger partial charge in [-0.1, -0.05) is 30.3 Å². The van der Waals surface area contributed by atoms with Crippen LogP contribution in [0.2, 0.25) is 0 Å². The van der Waals surface area contributed by atoms with Crippen molar-refractivity contribution in [1.82, 2.24) is 9.66 Å². The van der Waals surface area contributed by atoms with Crippen LogP contribution in [0.5, 0.6) is 0 Å². The third-order valence-corrected chi connectivity index (χ3v) is 4.11. The zero-order valence-corrected chi connectivity index (χ0v) is 14.8. The second kappa shape index (κ2) is 7.63. The molecular formula is C21H17N5O2. The highest BCUT2D eigenvalue weighted by Crippen LogP contribution is 2.13. The van der Waals surface area contributed by atoms with Gasteiger partial charge in [-0.3, -0.25) is 10.2 Å². The van der Waals surface area contributed by atoms with E-state index in [4.69, 9.17) is 0 Å². The Morgan fingerprint density at radius 2 is 1.39 bits per heavy atom. The number of imidazole rings is 1. The molecule has 1 aromatic heterocycles. The van der Waals surface area contributed by atoms with Crippen molar-refractivity contribution in [2.75, 3.05) is 16.1 Å². The molecule has 3 amide bonds. The molecule has 4 rings (SSSR count). The van der Waals surface area contributed by atoms with E-state index >= 15 is 0 Å². The summed E-state index contributed by atoms with van der Waals surface area (Å²) in [6.45, 7) is 0. The van der Waals surface area contributed by atoms with Crippen LogP contribution in [-0.4, -0.2) is 21.6 Å². The van der Waals surface area contributed by atoms with Crippen molar-refractivity contribution in [3.05, 3.63) is 90.8 Å². The Balaban J connectivity index is 1.40. The van der Waals surface area contributed by atoms with Gasteiger partial charge in [-0.05, 0) is 48.5 Å². The quantitative estimate of drug-likeness (QED) is 0.505. The zero-order chi connectivity index (χ0) is 19.3. The maximum absolute atomic E-state index is 12.5. The van der Waals surface area contributed by atoms with Crippen LogP contribution in [0.4, 0.5) is 16.2 Å². The molecule has 0 aliphatic carbocycles. The van der Waals surface area contributed by atoms with Crippen molar-refractivity contribution in [2.45, 2.75) is 0 Å². The number of urea groups is 1. The molecule has 0 bridgehead atoms. The van der Waals surface area contributed by atoms with Crippen LogP contribution >= 0.6 is 0 Å². The molecule has 7 heteroatoms. The number of para-hydroxylation sites is 3. The Bertz CT molecular complexity index is 1120. The van der Waals surface area contributed by atoms with E-state index in [0.29, 0.717) is 16.9 Å². The van der Waals surface area contributed by atoms with Crippen molar-refractivity contribution >= 4 is 34.3 Å². The third kappa shape index (κ3) is 3.83. The topological polar surface area (TPSA) is 88.0 Å². The second-order valence-corrected chi connectivity index (χ2v) is 6.07.